The molecule has 1 aliphatic heterocycles. The molecule has 0 spiro atoms. The standard InChI is InChI=1S/C19H31NO/c1-6-10-20-17(11-14(3)7-2)15-8-9-18-16(12-15)13-19(4,5)21-18/h8-9,12,14,17,20H,6-7,10-11,13H2,1-5H3. The van der Waals surface area contributed by atoms with Gasteiger partial charge in [0.1, 0.15) is 11.4 Å². The zero-order valence-corrected chi connectivity index (χ0v) is 14.3. The lowest BCUT2D eigenvalue weighted by atomic mass is 9.92. The Hall–Kier alpha value is -1.02. The Morgan fingerprint density at radius 1 is 1.29 bits per heavy atom. The highest BCUT2D eigenvalue weighted by molar-refractivity contribution is 5.42. The van der Waals surface area contributed by atoms with Gasteiger partial charge in [-0.3, -0.25) is 0 Å². The largest absolute Gasteiger partial charge is 0.487 e. The van der Waals surface area contributed by atoms with Gasteiger partial charge in [-0.25, -0.2) is 0 Å². The molecule has 1 heterocycles. The molecule has 0 saturated carbocycles. The van der Waals surface area contributed by atoms with Gasteiger partial charge >= 0.3 is 0 Å². The predicted octanol–water partition coefficient (Wildman–Crippen LogP) is 4.88. The van der Waals surface area contributed by atoms with E-state index in [1.165, 1.54) is 30.4 Å². The van der Waals surface area contributed by atoms with Crippen molar-refractivity contribution in [1.29, 1.82) is 0 Å². The lowest BCUT2D eigenvalue weighted by Crippen LogP contribution is -2.24. The Morgan fingerprint density at radius 2 is 2.05 bits per heavy atom. The van der Waals surface area contributed by atoms with E-state index in [0.717, 1.165) is 24.6 Å². The average molecular weight is 289 g/mol. The second-order valence-corrected chi connectivity index (χ2v) is 7.16. The molecular weight excluding hydrogens is 258 g/mol. The van der Waals surface area contributed by atoms with E-state index < -0.39 is 0 Å². The van der Waals surface area contributed by atoms with Gasteiger partial charge in [0.15, 0.2) is 0 Å². The number of nitrogens with one attached hydrogen (secondary N) is 1. The first-order valence-electron chi connectivity index (χ1n) is 8.50. The third-order valence-electron chi connectivity index (χ3n) is 4.47. The van der Waals surface area contributed by atoms with Gasteiger partial charge in [-0.15, -0.1) is 0 Å². The van der Waals surface area contributed by atoms with Crippen LogP contribution in [0.2, 0.25) is 0 Å². The molecule has 2 heteroatoms. The Labute approximate surface area is 130 Å². The highest BCUT2D eigenvalue weighted by Crippen LogP contribution is 2.37. The first-order chi connectivity index (χ1) is 9.95. The smallest absolute Gasteiger partial charge is 0.123 e. The van der Waals surface area contributed by atoms with Crippen molar-refractivity contribution in [2.24, 2.45) is 5.92 Å². The number of rotatable bonds is 7. The van der Waals surface area contributed by atoms with Crippen molar-refractivity contribution in [3.05, 3.63) is 29.3 Å². The van der Waals surface area contributed by atoms with E-state index in [9.17, 15) is 0 Å². The maximum Gasteiger partial charge on any atom is 0.123 e. The number of fused-ring (bicyclic) bond motifs is 1. The van der Waals surface area contributed by atoms with Gasteiger partial charge in [-0.05, 0) is 56.3 Å². The van der Waals surface area contributed by atoms with Gasteiger partial charge in [0.2, 0.25) is 0 Å². The number of hydrogen-bond donors (Lipinski definition) is 1. The van der Waals surface area contributed by atoms with Crippen LogP contribution in [-0.2, 0) is 6.42 Å². The molecular formula is C19H31NO. The Morgan fingerprint density at radius 3 is 2.71 bits per heavy atom. The monoisotopic (exact) mass is 289 g/mol. The van der Waals surface area contributed by atoms with Crippen LogP contribution in [0.4, 0.5) is 0 Å². The predicted molar refractivity (Wildman–Crippen MR) is 90.0 cm³/mol. The Kier molecular flexibility index (Phi) is 5.32. The van der Waals surface area contributed by atoms with Gasteiger partial charge in [-0.1, -0.05) is 39.3 Å². The third kappa shape index (κ3) is 4.23. The van der Waals surface area contributed by atoms with Crippen molar-refractivity contribution in [3.8, 4) is 5.75 Å². The van der Waals surface area contributed by atoms with E-state index in [-0.39, 0.29) is 5.60 Å². The highest BCUT2D eigenvalue weighted by Gasteiger charge is 2.30. The van der Waals surface area contributed by atoms with Crippen molar-refractivity contribution in [2.45, 2.75) is 71.9 Å². The third-order valence-corrected chi connectivity index (χ3v) is 4.47. The molecule has 2 nitrogen and oxygen atoms in total. The van der Waals surface area contributed by atoms with E-state index in [1.54, 1.807) is 0 Å². The topological polar surface area (TPSA) is 21.3 Å². The number of hydrogen-bond acceptors (Lipinski definition) is 2. The molecule has 21 heavy (non-hydrogen) atoms. The van der Waals surface area contributed by atoms with Crippen LogP contribution < -0.4 is 10.1 Å². The average Bonchev–Trinajstić information content (AvgIpc) is 2.75. The van der Waals surface area contributed by atoms with E-state index in [2.05, 4.69) is 58.1 Å². The number of ether oxygens (including phenoxy) is 1. The molecule has 0 saturated heterocycles. The van der Waals surface area contributed by atoms with Crippen LogP contribution >= 0.6 is 0 Å². The molecule has 2 atom stereocenters. The fourth-order valence-electron chi connectivity index (χ4n) is 3.07. The summed E-state index contributed by atoms with van der Waals surface area (Å²) in [7, 11) is 0. The van der Waals surface area contributed by atoms with Gasteiger partial charge in [0, 0.05) is 12.5 Å². The van der Waals surface area contributed by atoms with Crippen LogP contribution in [0.3, 0.4) is 0 Å². The minimum atomic E-state index is -0.0516. The maximum atomic E-state index is 5.99. The summed E-state index contributed by atoms with van der Waals surface area (Å²) in [6.07, 6.45) is 4.64. The maximum absolute atomic E-state index is 5.99. The minimum Gasteiger partial charge on any atom is -0.487 e. The summed E-state index contributed by atoms with van der Waals surface area (Å²) >= 11 is 0. The zero-order chi connectivity index (χ0) is 15.5. The van der Waals surface area contributed by atoms with Crippen LogP contribution in [-0.4, -0.2) is 12.1 Å². The molecule has 0 fully saturated rings. The van der Waals surface area contributed by atoms with Crippen LogP contribution in [0.5, 0.6) is 5.75 Å². The molecule has 0 bridgehead atoms. The normalized spacial score (nSPS) is 18.9. The summed E-state index contributed by atoms with van der Waals surface area (Å²) in [4.78, 5) is 0. The first kappa shape index (κ1) is 16.4. The lowest BCUT2D eigenvalue weighted by Gasteiger charge is -2.22. The fourth-order valence-corrected chi connectivity index (χ4v) is 3.07. The molecule has 118 valence electrons. The highest BCUT2D eigenvalue weighted by atomic mass is 16.5. The van der Waals surface area contributed by atoms with Gasteiger partial charge in [0.25, 0.3) is 0 Å². The van der Waals surface area contributed by atoms with E-state index in [1.807, 2.05) is 0 Å². The molecule has 0 radical (unpaired) electrons. The minimum absolute atomic E-state index is 0.0516. The Bertz CT molecular complexity index is 467. The van der Waals surface area contributed by atoms with Crippen molar-refractivity contribution >= 4 is 0 Å². The molecule has 2 unspecified atom stereocenters. The van der Waals surface area contributed by atoms with E-state index in [4.69, 9.17) is 4.74 Å². The second kappa shape index (κ2) is 6.83. The molecule has 0 aliphatic carbocycles. The molecule has 1 N–H and O–H groups in total. The summed E-state index contributed by atoms with van der Waals surface area (Å²) in [5.74, 6) is 1.82. The van der Waals surface area contributed by atoms with E-state index >= 15 is 0 Å². The summed E-state index contributed by atoms with van der Waals surface area (Å²) in [5.41, 5.74) is 2.73. The van der Waals surface area contributed by atoms with Gasteiger partial charge in [-0.2, -0.15) is 0 Å². The summed E-state index contributed by atoms with van der Waals surface area (Å²) in [6.45, 7) is 12.3. The molecule has 1 aliphatic rings. The Balaban J connectivity index is 2.17. The summed E-state index contributed by atoms with van der Waals surface area (Å²) < 4.78 is 5.99. The van der Waals surface area contributed by atoms with Gasteiger partial charge < -0.3 is 10.1 Å². The number of benzene rings is 1. The van der Waals surface area contributed by atoms with Gasteiger partial charge in [0.05, 0.1) is 0 Å². The van der Waals surface area contributed by atoms with E-state index in [0.29, 0.717) is 6.04 Å². The summed E-state index contributed by atoms with van der Waals surface area (Å²) in [6, 6.07) is 7.24. The quantitative estimate of drug-likeness (QED) is 0.772. The van der Waals surface area contributed by atoms with Crippen molar-refractivity contribution in [1.82, 2.24) is 5.32 Å². The SMILES string of the molecule is CCCNC(CC(C)CC)c1ccc2c(c1)CC(C)(C)O2. The first-order valence-corrected chi connectivity index (χ1v) is 8.50. The van der Waals surface area contributed by atoms with Crippen LogP contribution in [0.1, 0.15) is 71.0 Å². The summed E-state index contributed by atoms with van der Waals surface area (Å²) in [5, 5.41) is 3.72. The van der Waals surface area contributed by atoms with Crippen LogP contribution in [0.15, 0.2) is 18.2 Å². The molecule has 0 aromatic heterocycles. The van der Waals surface area contributed by atoms with Crippen molar-refractivity contribution in [3.63, 3.8) is 0 Å². The molecule has 1 aromatic rings. The fraction of sp³-hybridized carbons (Fsp3) is 0.684. The molecule has 0 amide bonds. The molecule has 2 rings (SSSR count). The molecule has 1 aromatic carbocycles. The lowest BCUT2D eigenvalue weighted by molar-refractivity contribution is 0.138. The van der Waals surface area contributed by atoms with Crippen molar-refractivity contribution in [2.75, 3.05) is 6.54 Å². The second-order valence-electron chi connectivity index (χ2n) is 7.16. The van der Waals surface area contributed by atoms with Crippen LogP contribution in [0, 0.1) is 5.92 Å². The zero-order valence-electron chi connectivity index (χ0n) is 14.3. The van der Waals surface area contributed by atoms with Crippen LogP contribution in [0.25, 0.3) is 0 Å². The van der Waals surface area contributed by atoms with Crippen molar-refractivity contribution < 1.29 is 4.74 Å².